The van der Waals surface area contributed by atoms with Crippen molar-refractivity contribution < 1.29 is 4.79 Å². The third kappa shape index (κ3) is 3.91. The Balaban J connectivity index is 1.87. The fourth-order valence-corrected chi connectivity index (χ4v) is 3.01. The number of pyridine rings is 1. The van der Waals surface area contributed by atoms with Crippen LogP contribution in [0, 0.1) is 0 Å². The largest absolute Gasteiger partial charge is 0.303 e. The number of carbonyl (C=O) groups excluding carboxylic acids is 1. The normalized spacial score (nSPS) is 11.8. The number of hydrogen-bond acceptors (Lipinski definition) is 4. The molecule has 0 unspecified atom stereocenters. The van der Waals surface area contributed by atoms with E-state index >= 15 is 0 Å². The number of para-hydroxylation sites is 1. The Kier molecular flexibility index (Phi) is 5.16. The third-order valence-electron chi connectivity index (χ3n) is 4.28. The van der Waals surface area contributed by atoms with E-state index in [-0.39, 0.29) is 17.8 Å². The molecule has 144 valence electrons. The van der Waals surface area contributed by atoms with Gasteiger partial charge in [0.15, 0.2) is 5.82 Å². The molecule has 0 aliphatic rings. The molecule has 29 heavy (non-hydrogen) atoms. The molecule has 6 heteroatoms. The van der Waals surface area contributed by atoms with Crippen molar-refractivity contribution >= 4 is 5.91 Å². The van der Waals surface area contributed by atoms with Crippen molar-refractivity contribution in [3.63, 3.8) is 0 Å². The number of hydrogen-bond donors (Lipinski definition) is 0. The van der Waals surface area contributed by atoms with Gasteiger partial charge in [0.1, 0.15) is 5.49 Å². The zero-order valence-corrected chi connectivity index (χ0v) is 16.3. The van der Waals surface area contributed by atoms with Gasteiger partial charge in [0.25, 0.3) is 0 Å². The summed E-state index contributed by atoms with van der Waals surface area (Å²) < 4.78 is 3.19. The molecule has 2 heterocycles. The first-order chi connectivity index (χ1) is 14.1. The first-order valence-electron chi connectivity index (χ1n) is 9.47. The van der Waals surface area contributed by atoms with Crippen molar-refractivity contribution in [2.24, 2.45) is 4.99 Å². The summed E-state index contributed by atoms with van der Waals surface area (Å²) in [6.45, 7) is 3.94. The Labute approximate surface area is 168 Å². The predicted octanol–water partition coefficient (Wildman–Crippen LogP) is 3.73. The van der Waals surface area contributed by atoms with Crippen LogP contribution < -0.4 is 5.49 Å². The lowest BCUT2D eigenvalue weighted by Crippen LogP contribution is -2.29. The molecule has 0 N–H and O–H groups in total. The summed E-state index contributed by atoms with van der Waals surface area (Å²) in [6.07, 6.45) is 1.69. The van der Waals surface area contributed by atoms with E-state index < -0.39 is 0 Å². The lowest BCUT2D eigenvalue weighted by atomic mass is 10.2. The van der Waals surface area contributed by atoms with Crippen LogP contribution in [0.2, 0.25) is 0 Å². The second-order valence-electron chi connectivity index (χ2n) is 6.83. The van der Waals surface area contributed by atoms with Gasteiger partial charge in [0.05, 0.1) is 5.69 Å². The van der Waals surface area contributed by atoms with Gasteiger partial charge in [0.2, 0.25) is 5.82 Å². The molecule has 0 bridgehead atoms. The highest BCUT2D eigenvalue weighted by atomic mass is 16.2. The van der Waals surface area contributed by atoms with Gasteiger partial charge in [-0.3, -0.25) is 14.4 Å². The number of nitrogens with zero attached hydrogens (tertiary/aromatic N) is 5. The second-order valence-corrected chi connectivity index (χ2v) is 6.83. The highest BCUT2D eigenvalue weighted by molar-refractivity contribution is 5.92. The molecule has 0 fully saturated rings. The quantitative estimate of drug-likeness (QED) is 0.539. The van der Waals surface area contributed by atoms with Crippen molar-refractivity contribution in [2.75, 3.05) is 0 Å². The maximum absolute atomic E-state index is 13.2. The Hall–Kier alpha value is -3.80. The molecule has 4 rings (SSSR count). The smallest absolute Gasteiger partial charge is 0.265 e. The summed E-state index contributed by atoms with van der Waals surface area (Å²) in [5, 5.41) is 4.55. The Morgan fingerprint density at radius 1 is 0.897 bits per heavy atom. The van der Waals surface area contributed by atoms with E-state index in [1.807, 2.05) is 86.6 Å². The van der Waals surface area contributed by atoms with Crippen molar-refractivity contribution in [1.29, 1.82) is 0 Å². The van der Waals surface area contributed by atoms with Gasteiger partial charge in [-0.2, -0.15) is 0 Å². The Morgan fingerprint density at radius 2 is 1.55 bits per heavy atom. The topological polar surface area (TPSA) is 65.1 Å². The average molecular weight is 383 g/mol. The second kappa shape index (κ2) is 8.06. The molecule has 0 saturated carbocycles. The molecule has 0 amide bonds. The maximum Gasteiger partial charge on any atom is 0.303 e. The van der Waals surface area contributed by atoms with Crippen LogP contribution in [0.5, 0.6) is 0 Å². The van der Waals surface area contributed by atoms with E-state index in [4.69, 9.17) is 0 Å². The number of aromatic nitrogens is 4. The van der Waals surface area contributed by atoms with E-state index in [1.54, 1.807) is 16.9 Å². The summed E-state index contributed by atoms with van der Waals surface area (Å²) in [6, 6.07) is 24.9. The summed E-state index contributed by atoms with van der Waals surface area (Å²) in [5.41, 5.74) is 2.29. The van der Waals surface area contributed by atoms with Crippen molar-refractivity contribution in [1.82, 2.24) is 19.3 Å². The minimum atomic E-state index is -0.322. The molecule has 0 spiro atoms. The van der Waals surface area contributed by atoms with Crippen molar-refractivity contribution in [3.8, 4) is 17.1 Å². The van der Waals surface area contributed by atoms with E-state index in [1.165, 1.54) is 4.57 Å². The Morgan fingerprint density at radius 3 is 2.24 bits per heavy atom. The standard InChI is InChI=1S/C23H21N5O/c1-17(2)24-20-15-9-10-16-27(20)23(29)21-25-22(18-11-5-3-6-12-18)28(26-21)19-13-7-4-8-14-19/h3-17H,1-2H3. The van der Waals surface area contributed by atoms with Crippen molar-refractivity contribution in [3.05, 3.63) is 96.4 Å². The first kappa shape index (κ1) is 18.6. The summed E-state index contributed by atoms with van der Waals surface area (Å²) >= 11 is 0. The van der Waals surface area contributed by atoms with Gasteiger partial charge in [0, 0.05) is 17.8 Å². The molecule has 0 saturated heterocycles. The van der Waals surface area contributed by atoms with Crippen LogP contribution in [0.15, 0.2) is 90.1 Å². The van der Waals surface area contributed by atoms with Gasteiger partial charge in [-0.15, -0.1) is 5.10 Å². The van der Waals surface area contributed by atoms with Gasteiger partial charge in [-0.1, -0.05) is 54.6 Å². The monoisotopic (exact) mass is 383 g/mol. The molecule has 2 aromatic heterocycles. The lowest BCUT2D eigenvalue weighted by Gasteiger charge is -2.05. The zero-order valence-electron chi connectivity index (χ0n) is 16.3. The first-order valence-corrected chi connectivity index (χ1v) is 9.47. The molecule has 0 atom stereocenters. The molecular formula is C23H21N5O. The van der Waals surface area contributed by atoms with E-state index in [9.17, 15) is 4.79 Å². The van der Waals surface area contributed by atoms with Gasteiger partial charge >= 0.3 is 5.91 Å². The van der Waals surface area contributed by atoms with Crippen LogP contribution in [0.25, 0.3) is 17.1 Å². The third-order valence-corrected chi connectivity index (χ3v) is 4.28. The highest BCUT2D eigenvalue weighted by Gasteiger charge is 2.20. The fourth-order valence-electron chi connectivity index (χ4n) is 3.01. The highest BCUT2D eigenvalue weighted by Crippen LogP contribution is 2.21. The molecule has 0 radical (unpaired) electrons. The van der Waals surface area contributed by atoms with Crippen LogP contribution in [0.1, 0.15) is 24.5 Å². The SMILES string of the molecule is CC(C)N=c1ccccn1C(=O)c1nc(-c2ccccc2)n(-c2ccccc2)n1. The number of rotatable bonds is 4. The maximum atomic E-state index is 13.2. The summed E-state index contributed by atoms with van der Waals surface area (Å²) in [5.74, 6) is 0.403. The molecule has 4 aromatic rings. The summed E-state index contributed by atoms with van der Waals surface area (Å²) in [7, 11) is 0. The van der Waals surface area contributed by atoms with E-state index in [2.05, 4.69) is 15.1 Å². The van der Waals surface area contributed by atoms with E-state index in [0.29, 0.717) is 11.3 Å². The predicted molar refractivity (Wildman–Crippen MR) is 112 cm³/mol. The minimum absolute atomic E-state index is 0.0613. The zero-order chi connectivity index (χ0) is 20.2. The van der Waals surface area contributed by atoms with Gasteiger partial charge < -0.3 is 0 Å². The van der Waals surface area contributed by atoms with Gasteiger partial charge in [-0.25, -0.2) is 9.67 Å². The lowest BCUT2D eigenvalue weighted by molar-refractivity contribution is 0.0944. The molecule has 6 nitrogen and oxygen atoms in total. The van der Waals surface area contributed by atoms with E-state index in [0.717, 1.165) is 11.3 Å². The minimum Gasteiger partial charge on any atom is -0.265 e. The van der Waals surface area contributed by atoms with Crippen LogP contribution in [0.4, 0.5) is 0 Å². The fraction of sp³-hybridized carbons (Fsp3) is 0.130. The number of benzene rings is 2. The molecular weight excluding hydrogens is 362 g/mol. The summed E-state index contributed by atoms with van der Waals surface area (Å²) in [4.78, 5) is 22.4. The molecule has 2 aromatic carbocycles. The molecule has 0 aliphatic heterocycles. The van der Waals surface area contributed by atoms with Gasteiger partial charge in [-0.05, 0) is 38.1 Å². The van der Waals surface area contributed by atoms with Crippen LogP contribution in [-0.2, 0) is 0 Å². The van der Waals surface area contributed by atoms with Crippen LogP contribution >= 0.6 is 0 Å². The average Bonchev–Trinajstić information content (AvgIpc) is 3.20. The Bertz CT molecular complexity index is 1130. The van der Waals surface area contributed by atoms with Crippen molar-refractivity contribution in [2.45, 2.75) is 19.9 Å². The van der Waals surface area contributed by atoms with Crippen LogP contribution in [-0.4, -0.2) is 31.3 Å². The van der Waals surface area contributed by atoms with Crippen LogP contribution in [0.3, 0.4) is 0 Å². The molecule has 0 aliphatic carbocycles. The number of carbonyl (C=O) groups is 1.